The van der Waals surface area contributed by atoms with Crippen molar-refractivity contribution < 1.29 is 9.53 Å². The molecule has 0 aromatic carbocycles. The molecular weight excluding hydrogens is 258 g/mol. The lowest BCUT2D eigenvalue weighted by atomic mass is 10.2. The molecule has 102 valence electrons. The minimum absolute atomic E-state index is 0.346. The van der Waals surface area contributed by atoms with E-state index in [1.807, 2.05) is 19.3 Å². The van der Waals surface area contributed by atoms with E-state index in [0.717, 1.165) is 10.9 Å². The second-order valence-electron chi connectivity index (χ2n) is 4.41. The minimum Gasteiger partial charge on any atom is -0.452 e. The summed E-state index contributed by atoms with van der Waals surface area (Å²) in [6.45, 7) is 0. The van der Waals surface area contributed by atoms with Crippen LogP contribution in [0.4, 0.5) is 10.6 Å². The number of carbonyl (C=O) groups is 1. The van der Waals surface area contributed by atoms with Gasteiger partial charge in [0.25, 0.3) is 0 Å². The highest BCUT2D eigenvalue weighted by Gasteiger charge is 2.18. The van der Waals surface area contributed by atoms with Crippen LogP contribution in [0.25, 0.3) is 22.2 Å². The van der Waals surface area contributed by atoms with Crippen LogP contribution in [0.5, 0.6) is 0 Å². The Kier molecular flexibility index (Phi) is 2.67. The Labute approximate surface area is 114 Å². The molecule has 7 nitrogen and oxygen atoms in total. The zero-order valence-corrected chi connectivity index (χ0v) is 11.1. The van der Waals surface area contributed by atoms with Crippen LogP contribution in [0.1, 0.15) is 0 Å². The molecule has 0 fully saturated rings. The van der Waals surface area contributed by atoms with E-state index < -0.39 is 6.09 Å². The van der Waals surface area contributed by atoms with Crippen molar-refractivity contribution in [1.29, 1.82) is 0 Å². The Morgan fingerprint density at radius 2 is 2.15 bits per heavy atom. The molecule has 0 radical (unpaired) electrons. The molecule has 0 aliphatic rings. The van der Waals surface area contributed by atoms with Crippen molar-refractivity contribution in [3.8, 4) is 11.3 Å². The van der Waals surface area contributed by atoms with Crippen molar-refractivity contribution in [2.24, 2.45) is 7.05 Å². The molecule has 0 atom stereocenters. The van der Waals surface area contributed by atoms with E-state index in [9.17, 15) is 4.79 Å². The summed E-state index contributed by atoms with van der Waals surface area (Å²) in [6, 6.07) is 3.50. The van der Waals surface area contributed by atoms with Crippen LogP contribution >= 0.6 is 0 Å². The van der Waals surface area contributed by atoms with Crippen LogP contribution in [0, 0.1) is 0 Å². The summed E-state index contributed by atoms with van der Waals surface area (Å²) in [5, 5.41) is 4.93. The van der Waals surface area contributed by atoms with Gasteiger partial charge in [0.1, 0.15) is 5.82 Å². The molecule has 0 amide bonds. The van der Waals surface area contributed by atoms with E-state index in [-0.39, 0.29) is 0 Å². The molecule has 0 spiro atoms. The first-order valence-electron chi connectivity index (χ1n) is 5.94. The van der Waals surface area contributed by atoms with E-state index in [0.29, 0.717) is 17.0 Å². The van der Waals surface area contributed by atoms with E-state index in [1.54, 1.807) is 23.1 Å². The Balaban J connectivity index is 2.33. The number of rotatable bonds is 1. The number of nitrogen functional groups attached to an aromatic ring is 1. The monoisotopic (exact) mass is 271 g/mol. The number of hydrogen-bond donors (Lipinski definition) is 1. The van der Waals surface area contributed by atoms with E-state index in [1.165, 1.54) is 11.7 Å². The fourth-order valence-corrected chi connectivity index (χ4v) is 2.17. The quantitative estimate of drug-likeness (QED) is 0.726. The predicted molar refractivity (Wildman–Crippen MR) is 74.2 cm³/mol. The van der Waals surface area contributed by atoms with Gasteiger partial charge in [0.05, 0.1) is 24.5 Å². The number of pyridine rings is 1. The average molecular weight is 271 g/mol. The molecule has 0 saturated heterocycles. The van der Waals surface area contributed by atoms with Crippen LogP contribution < -0.4 is 5.73 Å². The van der Waals surface area contributed by atoms with Gasteiger partial charge in [-0.05, 0) is 6.07 Å². The van der Waals surface area contributed by atoms with Gasteiger partial charge in [-0.2, -0.15) is 5.10 Å². The minimum atomic E-state index is -0.482. The summed E-state index contributed by atoms with van der Waals surface area (Å²) >= 11 is 0. The highest BCUT2D eigenvalue weighted by Crippen LogP contribution is 2.28. The van der Waals surface area contributed by atoms with E-state index >= 15 is 0 Å². The second-order valence-corrected chi connectivity index (χ2v) is 4.41. The van der Waals surface area contributed by atoms with Gasteiger partial charge in [-0.15, -0.1) is 0 Å². The molecule has 0 bridgehead atoms. The summed E-state index contributed by atoms with van der Waals surface area (Å²) < 4.78 is 7.98. The van der Waals surface area contributed by atoms with Crippen LogP contribution in [-0.4, -0.2) is 32.5 Å². The molecule has 3 rings (SSSR count). The predicted octanol–water partition coefficient (Wildman–Crippen LogP) is 1.63. The third-order valence-corrected chi connectivity index (χ3v) is 3.06. The second kappa shape index (κ2) is 4.37. The first-order chi connectivity index (χ1) is 9.60. The molecule has 2 N–H and O–H groups in total. The highest BCUT2D eigenvalue weighted by atomic mass is 16.5. The van der Waals surface area contributed by atoms with Crippen molar-refractivity contribution in [2.45, 2.75) is 0 Å². The molecule has 3 heterocycles. The first kappa shape index (κ1) is 12.2. The van der Waals surface area contributed by atoms with Gasteiger partial charge in [0.15, 0.2) is 0 Å². The van der Waals surface area contributed by atoms with Crippen LogP contribution in [0.2, 0.25) is 0 Å². The number of anilines is 1. The smallest absolute Gasteiger partial charge is 0.418 e. The van der Waals surface area contributed by atoms with Crippen LogP contribution in [-0.2, 0) is 11.8 Å². The van der Waals surface area contributed by atoms with Gasteiger partial charge in [-0.25, -0.2) is 14.3 Å². The van der Waals surface area contributed by atoms with Crippen LogP contribution in [0.3, 0.4) is 0 Å². The van der Waals surface area contributed by atoms with Gasteiger partial charge in [-0.3, -0.25) is 4.68 Å². The maximum atomic E-state index is 12.1. The number of carbonyl (C=O) groups excluding carboxylic acids is 1. The molecule has 0 unspecified atom stereocenters. The fourth-order valence-electron chi connectivity index (χ4n) is 2.17. The zero-order valence-electron chi connectivity index (χ0n) is 11.1. The lowest BCUT2D eigenvalue weighted by Crippen LogP contribution is -2.12. The van der Waals surface area contributed by atoms with Gasteiger partial charge >= 0.3 is 6.09 Å². The Morgan fingerprint density at radius 1 is 1.35 bits per heavy atom. The maximum Gasteiger partial charge on any atom is 0.418 e. The highest BCUT2D eigenvalue weighted by molar-refractivity contribution is 5.96. The van der Waals surface area contributed by atoms with Crippen LogP contribution in [0.15, 0.2) is 30.7 Å². The molecule has 20 heavy (non-hydrogen) atoms. The third-order valence-electron chi connectivity index (χ3n) is 3.06. The van der Waals surface area contributed by atoms with E-state index in [4.69, 9.17) is 10.5 Å². The number of methoxy groups -OCH3 is 1. The lowest BCUT2D eigenvalue weighted by molar-refractivity contribution is 0.174. The molecular formula is C13H13N5O2. The standard InChI is InChI=1S/C13H13N5O2/c1-17-7-9(6-16-17)10-3-8-5-15-12(14)4-11(8)18(10)13(19)20-2/h3-7H,1-2H3,(H2,14,15). The molecule has 0 aliphatic carbocycles. The van der Waals surface area contributed by atoms with Crippen molar-refractivity contribution in [2.75, 3.05) is 12.8 Å². The summed E-state index contributed by atoms with van der Waals surface area (Å²) in [6.07, 6.45) is 4.66. The Bertz CT molecular complexity index is 802. The number of hydrogen-bond acceptors (Lipinski definition) is 5. The van der Waals surface area contributed by atoms with Gasteiger partial charge in [0.2, 0.25) is 0 Å². The summed E-state index contributed by atoms with van der Waals surface area (Å²) in [5.41, 5.74) is 7.85. The summed E-state index contributed by atoms with van der Waals surface area (Å²) in [4.78, 5) is 16.1. The Morgan fingerprint density at radius 3 is 2.80 bits per heavy atom. The van der Waals surface area contributed by atoms with E-state index in [2.05, 4.69) is 10.1 Å². The van der Waals surface area contributed by atoms with Gasteiger partial charge < -0.3 is 10.5 Å². The SMILES string of the molecule is COC(=O)n1c(-c2cnn(C)c2)cc2cnc(N)cc21. The summed E-state index contributed by atoms with van der Waals surface area (Å²) in [7, 11) is 3.15. The largest absolute Gasteiger partial charge is 0.452 e. The number of nitrogens with two attached hydrogens (primary N) is 1. The molecule has 0 aliphatic heterocycles. The molecule has 3 aromatic heterocycles. The van der Waals surface area contributed by atoms with Crippen molar-refractivity contribution >= 4 is 22.8 Å². The molecule has 0 saturated carbocycles. The topological polar surface area (TPSA) is 88.0 Å². The normalized spacial score (nSPS) is 10.9. The number of fused-ring (bicyclic) bond motifs is 1. The lowest BCUT2D eigenvalue weighted by Gasteiger charge is -2.06. The average Bonchev–Trinajstić information content (AvgIpc) is 3.01. The Hall–Kier alpha value is -2.83. The first-order valence-corrected chi connectivity index (χ1v) is 5.94. The van der Waals surface area contributed by atoms with Gasteiger partial charge in [-0.1, -0.05) is 0 Å². The van der Waals surface area contributed by atoms with Crippen molar-refractivity contribution in [1.82, 2.24) is 19.3 Å². The summed E-state index contributed by atoms with van der Waals surface area (Å²) in [5.74, 6) is 0.346. The number of ether oxygens (including phenoxy) is 1. The van der Waals surface area contributed by atoms with Crippen molar-refractivity contribution in [3.05, 3.63) is 30.7 Å². The zero-order chi connectivity index (χ0) is 14.3. The molecule has 3 aromatic rings. The number of aromatic nitrogens is 4. The number of nitrogens with zero attached hydrogens (tertiary/aromatic N) is 4. The number of aryl methyl sites for hydroxylation is 1. The maximum absolute atomic E-state index is 12.1. The fraction of sp³-hybridized carbons (Fsp3) is 0.154. The van der Waals surface area contributed by atoms with Crippen molar-refractivity contribution in [3.63, 3.8) is 0 Å². The third kappa shape index (κ3) is 1.80. The molecule has 7 heteroatoms. The van der Waals surface area contributed by atoms with Gasteiger partial charge in [0, 0.05) is 36.5 Å².